The molecule has 0 N–H and O–H groups in total. The lowest BCUT2D eigenvalue weighted by molar-refractivity contribution is -0.140. The molecule has 0 unspecified atom stereocenters. The van der Waals surface area contributed by atoms with E-state index in [0.717, 1.165) is 12.8 Å². The summed E-state index contributed by atoms with van der Waals surface area (Å²) in [6.07, 6.45) is 12.6. The number of rotatable bonds is 5. The molecule has 0 amide bonds. The predicted octanol–water partition coefficient (Wildman–Crippen LogP) is 5.85. The lowest BCUT2D eigenvalue weighted by Gasteiger charge is -2.57. The molecule has 0 radical (unpaired) electrons. The Labute approximate surface area is 148 Å². The predicted molar refractivity (Wildman–Crippen MR) is 101 cm³/mol. The minimum atomic E-state index is -0.191. The van der Waals surface area contributed by atoms with Crippen molar-refractivity contribution < 1.29 is 9.53 Å². The number of esters is 1. The van der Waals surface area contributed by atoms with Gasteiger partial charge in [-0.15, -0.1) is 0 Å². The average Bonchev–Trinajstić information content (AvgIpc) is 2.50. The van der Waals surface area contributed by atoms with Crippen LogP contribution in [0.15, 0.2) is 36.0 Å². The van der Waals surface area contributed by atoms with E-state index in [4.69, 9.17) is 4.74 Å². The van der Waals surface area contributed by atoms with Crippen molar-refractivity contribution in [3.8, 4) is 0 Å². The first-order valence-corrected chi connectivity index (χ1v) is 9.32. The van der Waals surface area contributed by atoms with Gasteiger partial charge in [-0.3, -0.25) is 4.79 Å². The van der Waals surface area contributed by atoms with Crippen LogP contribution in [0.25, 0.3) is 0 Å². The Bertz CT molecular complexity index is 552. The van der Waals surface area contributed by atoms with Gasteiger partial charge in [-0.05, 0) is 60.8 Å². The standard InChI is InChI=1S/C22H34O2/c1-7-16(2)9-11-19-18(15-24-17(3)23)10-12-20-21(4,5)13-8-14-22(19,20)6/h7,9-10,19-20H,1,8,11-15H2,2-6H3/b16-9+/t19-,20+,22+/m0/s1. The van der Waals surface area contributed by atoms with Crippen molar-refractivity contribution in [2.24, 2.45) is 22.7 Å². The molecule has 0 spiro atoms. The van der Waals surface area contributed by atoms with Crippen LogP contribution in [0.3, 0.4) is 0 Å². The number of ether oxygens (including phenoxy) is 1. The van der Waals surface area contributed by atoms with Gasteiger partial charge in [0, 0.05) is 6.92 Å². The van der Waals surface area contributed by atoms with Gasteiger partial charge in [0.15, 0.2) is 0 Å². The fraction of sp³-hybridized carbons (Fsp3) is 0.682. The molecule has 24 heavy (non-hydrogen) atoms. The van der Waals surface area contributed by atoms with Crippen molar-refractivity contribution in [3.05, 3.63) is 36.0 Å². The van der Waals surface area contributed by atoms with Crippen LogP contribution in [-0.4, -0.2) is 12.6 Å². The maximum Gasteiger partial charge on any atom is 0.302 e. The third-order valence-electron chi connectivity index (χ3n) is 6.57. The Morgan fingerprint density at radius 1 is 1.33 bits per heavy atom. The van der Waals surface area contributed by atoms with Crippen LogP contribution in [0, 0.1) is 22.7 Å². The second kappa shape index (κ2) is 7.29. The Hall–Kier alpha value is -1.31. The Kier molecular flexibility index (Phi) is 5.78. The highest BCUT2D eigenvalue weighted by Crippen LogP contribution is 2.60. The molecule has 0 aromatic heterocycles. The minimum Gasteiger partial charge on any atom is -0.461 e. The van der Waals surface area contributed by atoms with Gasteiger partial charge in [-0.25, -0.2) is 0 Å². The molecule has 0 aliphatic heterocycles. The molecule has 0 saturated heterocycles. The topological polar surface area (TPSA) is 26.3 Å². The van der Waals surface area contributed by atoms with Gasteiger partial charge in [0.05, 0.1) is 0 Å². The zero-order valence-corrected chi connectivity index (χ0v) is 16.2. The molecule has 0 heterocycles. The maximum atomic E-state index is 11.3. The van der Waals surface area contributed by atoms with E-state index in [1.165, 1.54) is 37.3 Å². The van der Waals surface area contributed by atoms with Crippen molar-refractivity contribution in [2.75, 3.05) is 6.61 Å². The van der Waals surface area contributed by atoms with Crippen LogP contribution in [0.5, 0.6) is 0 Å². The average molecular weight is 331 g/mol. The monoisotopic (exact) mass is 330 g/mol. The van der Waals surface area contributed by atoms with Crippen LogP contribution in [0.4, 0.5) is 0 Å². The van der Waals surface area contributed by atoms with E-state index >= 15 is 0 Å². The van der Waals surface area contributed by atoms with Crippen LogP contribution in [0.1, 0.15) is 66.7 Å². The van der Waals surface area contributed by atoms with E-state index in [1.54, 1.807) is 0 Å². The van der Waals surface area contributed by atoms with E-state index in [9.17, 15) is 4.79 Å². The third-order valence-corrected chi connectivity index (χ3v) is 6.57. The quantitative estimate of drug-likeness (QED) is 0.359. The van der Waals surface area contributed by atoms with E-state index in [-0.39, 0.29) is 11.4 Å². The molecule has 2 heteroatoms. The number of hydrogen-bond donors (Lipinski definition) is 0. The molecular formula is C22H34O2. The second-order valence-electron chi connectivity index (χ2n) is 8.64. The van der Waals surface area contributed by atoms with E-state index < -0.39 is 0 Å². The van der Waals surface area contributed by atoms with Gasteiger partial charge in [0.2, 0.25) is 0 Å². The Morgan fingerprint density at radius 3 is 2.67 bits per heavy atom. The molecule has 2 aliphatic rings. The van der Waals surface area contributed by atoms with Gasteiger partial charge in [-0.1, -0.05) is 57.6 Å². The minimum absolute atomic E-state index is 0.191. The fourth-order valence-corrected chi connectivity index (χ4v) is 5.16. The van der Waals surface area contributed by atoms with Crippen molar-refractivity contribution in [3.63, 3.8) is 0 Å². The van der Waals surface area contributed by atoms with Crippen LogP contribution >= 0.6 is 0 Å². The van der Waals surface area contributed by atoms with Crippen LogP contribution in [0.2, 0.25) is 0 Å². The van der Waals surface area contributed by atoms with Crippen molar-refractivity contribution in [1.29, 1.82) is 0 Å². The van der Waals surface area contributed by atoms with Crippen molar-refractivity contribution >= 4 is 5.97 Å². The summed E-state index contributed by atoms with van der Waals surface area (Å²) in [5.74, 6) is 0.955. The van der Waals surface area contributed by atoms with Gasteiger partial charge >= 0.3 is 5.97 Å². The summed E-state index contributed by atoms with van der Waals surface area (Å²) < 4.78 is 5.37. The van der Waals surface area contributed by atoms with Gasteiger partial charge < -0.3 is 4.74 Å². The number of carbonyl (C=O) groups is 1. The van der Waals surface area contributed by atoms with E-state index in [2.05, 4.69) is 46.4 Å². The first-order valence-electron chi connectivity index (χ1n) is 9.32. The zero-order chi connectivity index (χ0) is 18.0. The molecule has 2 rings (SSSR count). The highest BCUT2D eigenvalue weighted by Gasteiger charge is 2.52. The lowest BCUT2D eigenvalue weighted by Crippen LogP contribution is -2.49. The fourth-order valence-electron chi connectivity index (χ4n) is 5.16. The van der Waals surface area contributed by atoms with Crippen molar-refractivity contribution in [1.82, 2.24) is 0 Å². The summed E-state index contributed by atoms with van der Waals surface area (Å²) in [5, 5.41) is 0. The molecule has 1 fully saturated rings. The summed E-state index contributed by atoms with van der Waals surface area (Å²) in [4.78, 5) is 11.3. The third kappa shape index (κ3) is 3.84. The summed E-state index contributed by atoms with van der Waals surface area (Å²) >= 11 is 0. The molecular weight excluding hydrogens is 296 g/mol. The van der Waals surface area contributed by atoms with Gasteiger partial charge in [0.1, 0.15) is 6.61 Å². The number of fused-ring (bicyclic) bond motifs is 1. The number of hydrogen-bond acceptors (Lipinski definition) is 2. The maximum absolute atomic E-state index is 11.3. The molecule has 2 aliphatic carbocycles. The first-order chi connectivity index (χ1) is 11.2. The molecule has 0 aromatic rings. The SMILES string of the molecule is C=C/C(C)=C/C[C@H]1C(COC(C)=O)=CC[C@@H]2C(C)(C)CCC[C@@]21C. The first kappa shape index (κ1) is 19.0. The lowest BCUT2D eigenvalue weighted by atomic mass is 9.48. The largest absolute Gasteiger partial charge is 0.461 e. The normalized spacial score (nSPS) is 32.5. The highest BCUT2D eigenvalue weighted by atomic mass is 16.5. The van der Waals surface area contributed by atoms with E-state index in [1.807, 2.05) is 6.08 Å². The summed E-state index contributed by atoms with van der Waals surface area (Å²) in [5.41, 5.74) is 3.20. The van der Waals surface area contributed by atoms with Gasteiger partial charge in [-0.2, -0.15) is 0 Å². The van der Waals surface area contributed by atoms with E-state index in [0.29, 0.717) is 23.9 Å². The molecule has 134 valence electrons. The zero-order valence-electron chi connectivity index (χ0n) is 16.2. The summed E-state index contributed by atoms with van der Waals surface area (Å²) in [6.45, 7) is 15.3. The summed E-state index contributed by atoms with van der Waals surface area (Å²) in [6, 6.07) is 0. The smallest absolute Gasteiger partial charge is 0.302 e. The Morgan fingerprint density at radius 2 is 2.04 bits per heavy atom. The number of allylic oxidation sites excluding steroid dienone is 4. The van der Waals surface area contributed by atoms with Crippen LogP contribution < -0.4 is 0 Å². The molecule has 2 nitrogen and oxygen atoms in total. The molecule has 0 aromatic carbocycles. The molecule has 0 bridgehead atoms. The highest BCUT2D eigenvalue weighted by molar-refractivity contribution is 5.66. The van der Waals surface area contributed by atoms with Gasteiger partial charge in [0.25, 0.3) is 0 Å². The molecule has 3 atom stereocenters. The summed E-state index contributed by atoms with van der Waals surface area (Å²) in [7, 11) is 0. The second-order valence-corrected chi connectivity index (χ2v) is 8.64. The molecule has 1 saturated carbocycles. The Balaban J connectivity index is 2.34. The van der Waals surface area contributed by atoms with Crippen LogP contribution in [-0.2, 0) is 9.53 Å². The van der Waals surface area contributed by atoms with Crippen molar-refractivity contribution in [2.45, 2.75) is 66.7 Å². The number of carbonyl (C=O) groups excluding carboxylic acids is 1.